The number of carbonyl (C=O) groups is 1. The molecule has 0 saturated heterocycles. The van der Waals surface area contributed by atoms with Gasteiger partial charge in [0.15, 0.2) is 0 Å². The first-order valence-corrected chi connectivity index (χ1v) is 7.18. The van der Waals surface area contributed by atoms with Crippen LogP contribution in [-0.4, -0.2) is 26.2 Å². The Hall–Kier alpha value is -0.680. The van der Waals surface area contributed by atoms with Gasteiger partial charge in [0, 0.05) is 19.1 Å². The Balaban J connectivity index is 2.38. The first kappa shape index (κ1) is 11.4. The Morgan fingerprint density at radius 3 is 2.71 bits per heavy atom. The zero-order valence-corrected chi connectivity index (χ0v) is 9.53. The van der Waals surface area contributed by atoms with E-state index in [9.17, 15) is 13.2 Å². The molecule has 0 unspecified atom stereocenters. The van der Waals surface area contributed by atoms with Gasteiger partial charge in [-0.3, -0.25) is 4.79 Å². The average Bonchev–Trinajstić information content (AvgIpc) is 2.52. The van der Waals surface area contributed by atoms with Gasteiger partial charge in [-0.1, -0.05) is 0 Å². The molecule has 0 fully saturated rings. The highest BCUT2D eigenvalue weighted by Gasteiger charge is 2.08. The molecule has 0 radical (unpaired) electrons. The lowest BCUT2D eigenvalue weighted by Crippen LogP contribution is -2.10. The van der Waals surface area contributed by atoms with Crippen LogP contribution in [0.15, 0.2) is 16.8 Å². The summed E-state index contributed by atoms with van der Waals surface area (Å²) in [5, 5.41) is 3.80. The molecule has 0 spiro atoms. The van der Waals surface area contributed by atoms with E-state index in [1.54, 1.807) is 0 Å². The van der Waals surface area contributed by atoms with Crippen molar-refractivity contribution < 1.29 is 13.2 Å². The van der Waals surface area contributed by atoms with Crippen molar-refractivity contribution in [2.75, 3.05) is 12.0 Å². The molecule has 0 saturated carbocycles. The van der Waals surface area contributed by atoms with E-state index in [1.807, 2.05) is 16.8 Å². The van der Waals surface area contributed by atoms with Crippen molar-refractivity contribution >= 4 is 27.0 Å². The van der Waals surface area contributed by atoms with Crippen molar-refractivity contribution in [3.8, 4) is 0 Å². The van der Waals surface area contributed by atoms with Gasteiger partial charge in [-0.05, 0) is 22.4 Å². The van der Waals surface area contributed by atoms with Gasteiger partial charge in [-0.25, -0.2) is 8.42 Å². The minimum atomic E-state index is -3.02. The Labute approximate surface area is 87.7 Å². The van der Waals surface area contributed by atoms with E-state index in [-0.39, 0.29) is 18.0 Å². The standard InChI is InChI=1S/C9H12O3S2/c1-14(11,12)5-3-9(10)6-8-2-4-13-7-8/h2,4,7H,3,5-6H2,1H3. The molecular weight excluding hydrogens is 220 g/mol. The SMILES string of the molecule is CS(=O)(=O)CCC(=O)Cc1ccsc1. The molecule has 0 aliphatic heterocycles. The molecule has 0 bridgehead atoms. The van der Waals surface area contributed by atoms with Crippen LogP contribution in [-0.2, 0) is 21.1 Å². The molecular formula is C9H12O3S2. The molecule has 5 heteroatoms. The van der Waals surface area contributed by atoms with Gasteiger partial charge in [-0.2, -0.15) is 11.3 Å². The van der Waals surface area contributed by atoms with Gasteiger partial charge in [0.25, 0.3) is 0 Å². The van der Waals surface area contributed by atoms with Crippen LogP contribution < -0.4 is 0 Å². The van der Waals surface area contributed by atoms with Gasteiger partial charge in [0.1, 0.15) is 15.6 Å². The topological polar surface area (TPSA) is 51.2 Å². The first-order valence-electron chi connectivity index (χ1n) is 4.18. The van der Waals surface area contributed by atoms with Gasteiger partial charge in [0.05, 0.1) is 5.75 Å². The summed E-state index contributed by atoms with van der Waals surface area (Å²) in [7, 11) is -3.02. The van der Waals surface area contributed by atoms with Crippen LogP contribution in [0.4, 0.5) is 0 Å². The van der Waals surface area contributed by atoms with E-state index >= 15 is 0 Å². The molecule has 0 aromatic carbocycles. The largest absolute Gasteiger partial charge is 0.299 e. The van der Waals surface area contributed by atoms with Gasteiger partial charge in [-0.15, -0.1) is 0 Å². The maximum atomic E-state index is 11.3. The lowest BCUT2D eigenvalue weighted by Gasteiger charge is -1.97. The van der Waals surface area contributed by atoms with Crippen molar-refractivity contribution in [2.24, 2.45) is 0 Å². The summed E-state index contributed by atoms with van der Waals surface area (Å²) in [5.41, 5.74) is 0.966. The van der Waals surface area contributed by atoms with Crippen molar-refractivity contribution in [1.82, 2.24) is 0 Å². The summed E-state index contributed by atoms with van der Waals surface area (Å²) in [5.74, 6) is -0.0653. The lowest BCUT2D eigenvalue weighted by atomic mass is 10.1. The Kier molecular flexibility index (Phi) is 3.83. The third-order valence-electron chi connectivity index (χ3n) is 1.73. The van der Waals surface area contributed by atoms with E-state index in [0.717, 1.165) is 11.8 Å². The highest BCUT2D eigenvalue weighted by atomic mass is 32.2. The molecule has 78 valence electrons. The molecule has 1 rings (SSSR count). The van der Waals surface area contributed by atoms with Crippen LogP contribution in [0.1, 0.15) is 12.0 Å². The zero-order chi connectivity index (χ0) is 10.6. The quantitative estimate of drug-likeness (QED) is 0.768. The molecule has 1 aromatic heterocycles. The van der Waals surface area contributed by atoms with Crippen molar-refractivity contribution in [1.29, 1.82) is 0 Å². The normalized spacial score (nSPS) is 11.5. The monoisotopic (exact) mass is 232 g/mol. The second-order valence-corrected chi connectivity index (χ2v) is 6.27. The fourth-order valence-electron chi connectivity index (χ4n) is 1.01. The van der Waals surface area contributed by atoms with Crippen LogP contribution in [0.3, 0.4) is 0 Å². The van der Waals surface area contributed by atoms with Crippen molar-refractivity contribution in [2.45, 2.75) is 12.8 Å². The van der Waals surface area contributed by atoms with E-state index in [2.05, 4.69) is 0 Å². The molecule has 0 amide bonds. The number of sulfone groups is 1. The number of Topliss-reactive ketones (excluding diaryl/α,β-unsaturated/α-hetero) is 1. The van der Waals surface area contributed by atoms with Gasteiger partial charge >= 0.3 is 0 Å². The smallest absolute Gasteiger partial charge is 0.147 e. The highest BCUT2D eigenvalue weighted by molar-refractivity contribution is 7.90. The molecule has 14 heavy (non-hydrogen) atoms. The zero-order valence-electron chi connectivity index (χ0n) is 7.89. The average molecular weight is 232 g/mol. The molecule has 0 aliphatic rings. The summed E-state index contributed by atoms with van der Waals surface area (Å²) in [6.45, 7) is 0. The molecule has 0 aliphatic carbocycles. The predicted octanol–water partition coefficient (Wildman–Crippen LogP) is 1.29. The van der Waals surface area contributed by atoms with Crippen LogP contribution in [0.2, 0.25) is 0 Å². The fourth-order valence-corrected chi connectivity index (χ4v) is 2.28. The molecule has 3 nitrogen and oxygen atoms in total. The van der Waals surface area contributed by atoms with E-state index in [4.69, 9.17) is 0 Å². The second-order valence-electron chi connectivity index (χ2n) is 3.23. The van der Waals surface area contributed by atoms with Crippen molar-refractivity contribution in [3.05, 3.63) is 22.4 Å². The number of thiophene rings is 1. The number of hydrogen-bond donors (Lipinski definition) is 0. The Morgan fingerprint density at radius 1 is 1.50 bits per heavy atom. The molecule has 1 aromatic rings. The third-order valence-corrected chi connectivity index (χ3v) is 3.41. The summed E-state index contributed by atoms with van der Waals surface area (Å²) in [6.07, 6.45) is 1.61. The van der Waals surface area contributed by atoms with Crippen molar-refractivity contribution in [3.63, 3.8) is 0 Å². The maximum absolute atomic E-state index is 11.3. The van der Waals surface area contributed by atoms with E-state index < -0.39 is 9.84 Å². The summed E-state index contributed by atoms with van der Waals surface area (Å²) < 4.78 is 21.6. The Bertz CT molecular complexity index is 390. The third kappa shape index (κ3) is 4.53. The van der Waals surface area contributed by atoms with Crippen LogP contribution in [0.5, 0.6) is 0 Å². The lowest BCUT2D eigenvalue weighted by molar-refractivity contribution is -0.118. The van der Waals surface area contributed by atoms with E-state index in [0.29, 0.717) is 6.42 Å². The number of ketones is 1. The first-order chi connectivity index (χ1) is 6.47. The van der Waals surface area contributed by atoms with Crippen LogP contribution in [0.25, 0.3) is 0 Å². The molecule has 1 heterocycles. The highest BCUT2D eigenvalue weighted by Crippen LogP contribution is 2.08. The van der Waals surface area contributed by atoms with Gasteiger partial charge in [0.2, 0.25) is 0 Å². The van der Waals surface area contributed by atoms with Gasteiger partial charge < -0.3 is 0 Å². The maximum Gasteiger partial charge on any atom is 0.147 e. The minimum Gasteiger partial charge on any atom is -0.299 e. The number of hydrogen-bond acceptors (Lipinski definition) is 4. The Morgan fingerprint density at radius 2 is 2.21 bits per heavy atom. The number of rotatable bonds is 5. The predicted molar refractivity (Wildman–Crippen MR) is 57.4 cm³/mol. The van der Waals surface area contributed by atoms with Crippen LogP contribution in [0, 0.1) is 0 Å². The fraction of sp³-hybridized carbons (Fsp3) is 0.444. The summed E-state index contributed by atoms with van der Waals surface area (Å²) >= 11 is 1.53. The summed E-state index contributed by atoms with van der Waals surface area (Å²) in [6, 6.07) is 1.88. The minimum absolute atomic E-state index is 0.0196. The summed E-state index contributed by atoms with van der Waals surface area (Å²) in [4.78, 5) is 11.3. The van der Waals surface area contributed by atoms with E-state index in [1.165, 1.54) is 11.3 Å². The molecule has 0 N–H and O–H groups in total. The van der Waals surface area contributed by atoms with Crippen LogP contribution >= 0.6 is 11.3 Å². The second kappa shape index (κ2) is 4.70. The number of carbonyl (C=O) groups excluding carboxylic acids is 1. The molecule has 0 atom stereocenters.